The minimum absolute atomic E-state index is 0.0573. The number of benzene rings is 2. The van der Waals surface area contributed by atoms with Crippen LogP contribution >= 0.6 is 11.6 Å². The molecule has 12 heteroatoms. The quantitative estimate of drug-likeness (QED) is 0.263. The molecule has 1 aliphatic heterocycles. The number of anilines is 2. The van der Waals surface area contributed by atoms with Gasteiger partial charge in [-0.2, -0.15) is 0 Å². The number of carbonyl (C=O) groups is 1. The average Bonchev–Trinajstić information content (AvgIpc) is 3.29. The first kappa shape index (κ1) is 27.0. The second-order valence-corrected chi connectivity index (χ2v) is 10.1. The lowest BCUT2D eigenvalue weighted by Gasteiger charge is -2.26. The Labute approximate surface area is 223 Å². The van der Waals surface area contributed by atoms with Crippen LogP contribution in [0.15, 0.2) is 36.7 Å². The molecule has 1 atom stereocenters. The fourth-order valence-electron chi connectivity index (χ4n) is 3.94. The van der Waals surface area contributed by atoms with Gasteiger partial charge in [-0.3, -0.25) is 10.1 Å². The summed E-state index contributed by atoms with van der Waals surface area (Å²) < 4.78 is 25.5. The molecule has 3 aromatic rings. The summed E-state index contributed by atoms with van der Waals surface area (Å²) >= 11 is 5.86. The lowest BCUT2D eigenvalue weighted by Crippen LogP contribution is -2.39. The van der Waals surface area contributed by atoms with E-state index >= 15 is 0 Å². The fourth-order valence-corrected chi connectivity index (χ4v) is 4.11. The molecule has 0 aliphatic carbocycles. The van der Waals surface area contributed by atoms with Crippen LogP contribution in [0.4, 0.5) is 26.4 Å². The number of methoxy groups -OCH3 is 1. The predicted octanol–water partition coefficient (Wildman–Crippen LogP) is 5.45. The zero-order valence-electron chi connectivity index (χ0n) is 21.2. The predicted molar refractivity (Wildman–Crippen MR) is 140 cm³/mol. The van der Waals surface area contributed by atoms with E-state index in [1.54, 1.807) is 26.8 Å². The summed E-state index contributed by atoms with van der Waals surface area (Å²) in [6.45, 7) is 5.84. The number of fused-ring (bicyclic) bond motifs is 1. The molecule has 4 rings (SSSR count). The van der Waals surface area contributed by atoms with Gasteiger partial charge >= 0.3 is 6.09 Å². The number of likely N-dealkylation sites (tertiary alicyclic amines) is 1. The van der Waals surface area contributed by atoms with Gasteiger partial charge in [0.25, 0.3) is 5.69 Å². The summed E-state index contributed by atoms with van der Waals surface area (Å²) in [5.74, 6) is 5.33. The van der Waals surface area contributed by atoms with Crippen LogP contribution in [0.5, 0.6) is 0 Å². The van der Waals surface area contributed by atoms with Crippen LogP contribution in [0.25, 0.3) is 10.9 Å². The second kappa shape index (κ2) is 10.4. The molecule has 1 amide bonds. The number of hydrogen-bond acceptors (Lipinski definition) is 8. The number of nitro groups is 1. The number of ether oxygens (including phenoxy) is 2. The molecule has 0 radical (unpaired) electrons. The van der Waals surface area contributed by atoms with Crippen molar-refractivity contribution < 1.29 is 23.6 Å². The lowest BCUT2D eigenvalue weighted by molar-refractivity contribution is -0.385. The van der Waals surface area contributed by atoms with E-state index < -0.39 is 28.0 Å². The Hall–Kier alpha value is -4.01. The number of nitrogens with zero attached hydrogens (tertiary/aromatic N) is 4. The van der Waals surface area contributed by atoms with Crippen molar-refractivity contribution in [2.24, 2.45) is 0 Å². The third-order valence-electron chi connectivity index (χ3n) is 5.85. The van der Waals surface area contributed by atoms with E-state index in [0.29, 0.717) is 23.9 Å². The summed E-state index contributed by atoms with van der Waals surface area (Å²) in [6, 6.07) is 7.18. The summed E-state index contributed by atoms with van der Waals surface area (Å²) in [4.78, 5) is 33.7. The smallest absolute Gasteiger partial charge is 0.410 e. The van der Waals surface area contributed by atoms with E-state index in [1.807, 2.05) is 0 Å². The standard InChI is InChI=1S/C26H25ClFN5O5/c1-25(2,3)38-24(34)32-11-10-26(14-32,37-4)9-8-16-12-20-17(13-21(16)33(35)36)23(30-15-29-20)31-19-7-5-6-18(27)22(19)28/h5-7,12-13,15H,10-11,14H2,1-4H3,(H,29,30,31). The third kappa shape index (κ3) is 5.77. The van der Waals surface area contributed by atoms with Crippen molar-refractivity contribution in [3.63, 3.8) is 0 Å². The van der Waals surface area contributed by atoms with Crippen LogP contribution < -0.4 is 5.32 Å². The number of rotatable bonds is 4. The van der Waals surface area contributed by atoms with E-state index in [1.165, 1.54) is 42.6 Å². The van der Waals surface area contributed by atoms with Gasteiger partial charge in [0.05, 0.1) is 27.7 Å². The van der Waals surface area contributed by atoms with Crippen LogP contribution in [0.2, 0.25) is 5.02 Å². The van der Waals surface area contributed by atoms with Crippen LogP contribution in [0.1, 0.15) is 32.8 Å². The van der Waals surface area contributed by atoms with E-state index in [4.69, 9.17) is 21.1 Å². The molecule has 1 aliphatic rings. The normalized spacial score (nSPS) is 17.2. The highest BCUT2D eigenvalue weighted by Gasteiger charge is 2.40. The Morgan fingerprint density at radius 3 is 2.76 bits per heavy atom. The maximum Gasteiger partial charge on any atom is 0.410 e. The maximum absolute atomic E-state index is 14.4. The second-order valence-electron chi connectivity index (χ2n) is 9.69. The molecule has 1 N–H and O–H groups in total. The molecule has 0 bridgehead atoms. The van der Waals surface area contributed by atoms with Gasteiger partial charge in [-0.25, -0.2) is 19.2 Å². The van der Waals surface area contributed by atoms with Gasteiger partial charge in [-0.05, 0) is 39.0 Å². The fraction of sp³-hybridized carbons (Fsp3) is 0.346. The molecule has 2 aromatic carbocycles. The van der Waals surface area contributed by atoms with Crippen molar-refractivity contribution >= 4 is 45.8 Å². The minimum atomic E-state index is -1.03. The molecule has 0 spiro atoms. The van der Waals surface area contributed by atoms with Crippen molar-refractivity contribution in [1.29, 1.82) is 0 Å². The largest absolute Gasteiger partial charge is 0.444 e. The van der Waals surface area contributed by atoms with Crippen LogP contribution in [-0.2, 0) is 9.47 Å². The highest BCUT2D eigenvalue weighted by Crippen LogP contribution is 2.32. The van der Waals surface area contributed by atoms with Crippen molar-refractivity contribution in [1.82, 2.24) is 14.9 Å². The maximum atomic E-state index is 14.4. The van der Waals surface area contributed by atoms with E-state index in [9.17, 15) is 19.3 Å². The van der Waals surface area contributed by atoms with Gasteiger partial charge in [0.15, 0.2) is 5.82 Å². The van der Waals surface area contributed by atoms with E-state index in [-0.39, 0.29) is 34.3 Å². The van der Waals surface area contributed by atoms with Gasteiger partial charge in [0.2, 0.25) is 0 Å². The molecule has 1 fully saturated rings. The van der Waals surface area contributed by atoms with Gasteiger partial charge in [-0.1, -0.05) is 29.5 Å². The number of aromatic nitrogens is 2. The number of hydrogen-bond donors (Lipinski definition) is 1. The summed E-state index contributed by atoms with van der Waals surface area (Å²) in [5.41, 5.74) is -1.45. The van der Waals surface area contributed by atoms with Gasteiger partial charge in [0.1, 0.15) is 28.9 Å². The molecule has 10 nitrogen and oxygen atoms in total. The highest BCUT2D eigenvalue weighted by atomic mass is 35.5. The molecular formula is C26H25ClFN5O5. The molecule has 0 saturated carbocycles. The van der Waals surface area contributed by atoms with Crippen molar-refractivity contribution in [3.8, 4) is 11.8 Å². The summed E-state index contributed by atoms with van der Waals surface area (Å²) in [6.07, 6.45) is 1.17. The van der Waals surface area contributed by atoms with Crippen LogP contribution in [-0.4, -0.2) is 57.3 Å². The zero-order chi connectivity index (χ0) is 27.7. The molecule has 1 unspecified atom stereocenters. The van der Waals surface area contributed by atoms with Crippen molar-refractivity contribution in [2.45, 2.75) is 38.4 Å². The molecule has 2 heterocycles. The molecule has 198 valence electrons. The van der Waals surface area contributed by atoms with Crippen molar-refractivity contribution in [2.75, 3.05) is 25.5 Å². The molecule has 1 aromatic heterocycles. The van der Waals surface area contributed by atoms with E-state index in [0.717, 1.165) is 0 Å². The number of amides is 1. The summed E-state index contributed by atoms with van der Waals surface area (Å²) in [7, 11) is 1.47. The Morgan fingerprint density at radius 1 is 1.32 bits per heavy atom. The van der Waals surface area contributed by atoms with Crippen molar-refractivity contribution in [3.05, 3.63) is 63.2 Å². The van der Waals surface area contributed by atoms with Crippen LogP contribution in [0.3, 0.4) is 0 Å². The first-order valence-corrected chi connectivity index (χ1v) is 12.0. The monoisotopic (exact) mass is 541 g/mol. The van der Waals surface area contributed by atoms with E-state index in [2.05, 4.69) is 27.1 Å². The number of halogens is 2. The average molecular weight is 542 g/mol. The lowest BCUT2D eigenvalue weighted by atomic mass is 10.0. The molecule has 1 saturated heterocycles. The SMILES string of the molecule is COC1(C#Cc2cc3ncnc(Nc4cccc(Cl)c4F)c3cc2[N+](=O)[O-])CCN(C(=O)OC(C)(C)C)C1. The Bertz CT molecular complexity index is 1480. The number of nitrogens with one attached hydrogen (secondary N) is 1. The van der Waals surface area contributed by atoms with Gasteiger partial charge < -0.3 is 19.7 Å². The Balaban J connectivity index is 1.69. The van der Waals surface area contributed by atoms with Gasteiger partial charge in [0, 0.05) is 31.5 Å². The first-order valence-electron chi connectivity index (χ1n) is 11.6. The van der Waals surface area contributed by atoms with Gasteiger partial charge in [-0.15, -0.1) is 0 Å². The number of nitro benzene ring substituents is 1. The summed E-state index contributed by atoms with van der Waals surface area (Å²) in [5, 5.41) is 15.0. The highest BCUT2D eigenvalue weighted by molar-refractivity contribution is 6.31. The first-order chi connectivity index (χ1) is 17.9. The molecule has 38 heavy (non-hydrogen) atoms. The van der Waals surface area contributed by atoms with Crippen LogP contribution in [0, 0.1) is 27.8 Å². The zero-order valence-corrected chi connectivity index (χ0v) is 21.9. The number of carbonyl (C=O) groups excluding carboxylic acids is 1. The topological polar surface area (TPSA) is 120 Å². The molecular weight excluding hydrogens is 517 g/mol. The third-order valence-corrected chi connectivity index (χ3v) is 6.15. The Morgan fingerprint density at radius 2 is 2.08 bits per heavy atom. The Kier molecular flexibility index (Phi) is 7.40. The minimum Gasteiger partial charge on any atom is -0.444 e.